The van der Waals surface area contributed by atoms with Crippen molar-refractivity contribution in [3.8, 4) is 0 Å². The summed E-state index contributed by atoms with van der Waals surface area (Å²) in [6, 6.07) is 6.59. The van der Waals surface area contributed by atoms with Gasteiger partial charge in [-0.25, -0.2) is 0 Å². The quantitative estimate of drug-likeness (QED) is 0.689. The highest BCUT2D eigenvalue weighted by atomic mass is 79.9. The molecule has 0 aliphatic rings. The minimum Gasteiger partial charge on any atom is -0.0922 e. The first-order valence-corrected chi connectivity index (χ1v) is 7.14. The van der Waals surface area contributed by atoms with Gasteiger partial charge in [0.2, 0.25) is 0 Å². The van der Waals surface area contributed by atoms with E-state index in [2.05, 4.69) is 68.7 Å². The molecule has 0 bridgehead atoms. The third-order valence-corrected chi connectivity index (χ3v) is 5.21. The van der Waals surface area contributed by atoms with Gasteiger partial charge in [0.05, 0.1) is 0 Å². The molecule has 1 unspecified atom stereocenters. The van der Waals surface area contributed by atoms with Crippen molar-refractivity contribution < 1.29 is 0 Å². The van der Waals surface area contributed by atoms with Crippen LogP contribution in [0.5, 0.6) is 0 Å². The fourth-order valence-electron chi connectivity index (χ4n) is 1.94. The van der Waals surface area contributed by atoms with Gasteiger partial charge in [-0.15, -0.1) is 0 Å². The molecule has 0 aliphatic heterocycles. The number of aryl methyl sites for hydroxylation is 2. The van der Waals surface area contributed by atoms with Crippen LogP contribution in [0.4, 0.5) is 0 Å². The Hall–Kier alpha value is -0.300. The number of rotatable bonds is 4. The zero-order chi connectivity index (χ0) is 12.3. The smallest absolute Gasteiger partial charge is 0.00909 e. The van der Waals surface area contributed by atoms with Crippen molar-refractivity contribution in [2.75, 3.05) is 5.33 Å². The first-order chi connectivity index (χ1) is 7.40. The topological polar surface area (TPSA) is 0 Å². The van der Waals surface area contributed by atoms with Crippen LogP contribution in [0.25, 0.3) is 0 Å². The molecular formula is C15H23Br. The molecule has 0 fully saturated rings. The van der Waals surface area contributed by atoms with Crippen LogP contribution in [0.3, 0.4) is 0 Å². The zero-order valence-electron chi connectivity index (χ0n) is 11.1. The normalized spacial score (nSPS) is 15.2. The summed E-state index contributed by atoms with van der Waals surface area (Å²) in [6.07, 6.45) is 1.16. The van der Waals surface area contributed by atoms with E-state index < -0.39 is 0 Å². The second-order valence-corrected chi connectivity index (χ2v) is 6.05. The second-order valence-electron chi connectivity index (χ2n) is 5.49. The van der Waals surface area contributed by atoms with Crippen LogP contribution in [0.15, 0.2) is 18.2 Å². The van der Waals surface area contributed by atoms with Crippen LogP contribution in [0.2, 0.25) is 0 Å². The van der Waals surface area contributed by atoms with Crippen molar-refractivity contribution in [3.63, 3.8) is 0 Å². The van der Waals surface area contributed by atoms with Gasteiger partial charge in [0.15, 0.2) is 0 Å². The molecule has 0 amide bonds. The lowest BCUT2D eigenvalue weighted by Crippen LogP contribution is -2.28. The molecule has 90 valence electrons. The Morgan fingerprint density at radius 1 is 1.19 bits per heavy atom. The minimum atomic E-state index is 0.344. The van der Waals surface area contributed by atoms with E-state index in [0.29, 0.717) is 11.3 Å². The van der Waals surface area contributed by atoms with E-state index in [4.69, 9.17) is 0 Å². The second kappa shape index (κ2) is 5.35. The van der Waals surface area contributed by atoms with Crippen molar-refractivity contribution in [1.82, 2.24) is 0 Å². The highest BCUT2D eigenvalue weighted by Gasteiger charge is 2.28. The summed E-state index contributed by atoms with van der Waals surface area (Å²) in [5.41, 5.74) is 4.72. The molecule has 0 aromatic heterocycles. The van der Waals surface area contributed by atoms with Gasteiger partial charge in [0.1, 0.15) is 0 Å². The number of hydrogen-bond acceptors (Lipinski definition) is 0. The standard InChI is InChI=1S/C15H23Br/c1-11(2)15(5,10-16)9-14-12(3)7-6-8-13(14)4/h6-8,11H,9-10H2,1-5H3. The van der Waals surface area contributed by atoms with E-state index in [1.165, 1.54) is 16.7 Å². The Balaban J connectivity index is 3.03. The molecule has 0 nitrogen and oxygen atoms in total. The summed E-state index contributed by atoms with van der Waals surface area (Å²) in [5.74, 6) is 0.686. The Morgan fingerprint density at radius 3 is 2.06 bits per heavy atom. The van der Waals surface area contributed by atoms with E-state index in [0.717, 1.165) is 11.8 Å². The molecule has 0 N–H and O–H groups in total. The van der Waals surface area contributed by atoms with Gasteiger partial charge in [-0.2, -0.15) is 0 Å². The lowest BCUT2D eigenvalue weighted by Gasteiger charge is -2.33. The molecule has 0 saturated carbocycles. The lowest BCUT2D eigenvalue weighted by atomic mass is 9.75. The van der Waals surface area contributed by atoms with Crippen molar-refractivity contribution in [3.05, 3.63) is 34.9 Å². The molecule has 1 heteroatoms. The van der Waals surface area contributed by atoms with Crippen LogP contribution in [-0.2, 0) is 6.42 Å². The maximum atomic E-state index is 3.68. The number of hydrogen-bond donors (Lipinski definition) is 0. The van der Waals surface area contributed by atoms with E-state index in [1.54, 1.807) is 0 Å². The molecule has 0 aliphatic carbocycles. The van der Waals surface area contributed by atoms with Crippen molar-refractivity contribution in [2.24, 2.45) is 11.3 Å². The minimum absolute atomic E-state index is 0.344. The fraction of sp³-hybridized carbons (Fsp3) is 0.600. The predicted octanol–water partition coefficient (Wildman–Crippen LogP) is 4.90. The summed E-state index contributed by atoms with van der Waals surface area (Å²) in [4.78, 5) is 0. The average molecular weight is 283 g/mol. The maximum absolute atomic E-state index is 3.68. The van der Waals surface area contributed by atoms with E-state index in [-0.39, 0.29) is 0 Å². The van der Waals surface area contributed by atoms with Gasteiger partial charge in [-0.05, 0) is 48.3 Å². The van der Waals surface area contributed by atoms with Gasteiger partial charge < -0.3 is 0 Å². The molecule has 1 atom stereocenters. The van der Waals surface area contributed by atoms with Crippen LogP contribution in [-0.4, -0.2) is 5.33 Å². The molecule has 1 aromatic rings. The van der Waals surface area contributed by atoms with Crippen molar-refractivity contribution >= 4 is 15.9 Å². The summed E-state index contributed by atoms with van der Waals surface area (Å²) in [6.45, 7) is 11.4. The fourth-order valence-corrected chi connectivity index (χ4v) is 2.78. The summed E-state index contributed by atoms with van der Waals surface area (Å²) in [5, 5.41) is 1.06. The molecule has 1 aromatic carbocycles. The lowest BCUT2D eigenvalue weighted by molar-refractivity contribution is 0.257. The van der Waals surface area contributed by atoms with E-state index in [1.807, 2.05) is 0 Å². The third kappa shape index (κ3) is 2.88. The molecule has 0 spiro atoms. The molecule has 0 heterocycles. The highest BCUT2D eigenvalue weighted by Crippen LogP contribution is 2.35. The molecule has 0 saturated heterocycles. The van der Waals surface area contributed by atoms with Crippen molar-refractivity contribution in [1.29, 1.82) is 0 Å². The number of benzene rings is 1. The first-order valence-electron chi connectivity index (χ1n) is 6.02. The summed E-state index contributed by atoms with van der Waals surface area (Å²) in [7, 11) is 0. The van der Waals surface area contributed by atoms with Gasteiger partial charge in [-0.3, -0.25) is 0 Å². The van der Waals surface area contributed by atoms with Gasteiger partial charge in [-0.1, -0.05) is 54.9 Å². The third-order valence-electron chi connectivity index (χ3n) is 3.92. The maximum Gasteiger partial charge on any atom is 0.00909 e. The Kier molecular flexibility index (Phi) is 4.61. The number of halogens is 1. The molecular weight excluding hydrogens is 260 g/mol. The molecule has 16 heavy (non-hydrogen) atoms. The Bertz CT molecular complexity index is 334. The Labute approximate surface area is 109 Å². The van der Waals surface area contributed by atoms with E-state index >= 15 is 0 Å². The average Bonchev–Trinajstić information content (AvgIpc) is 2.23. The number of alkyl halides is 1. The predicted molar refractivity (Wildman–Crippen MR) is 76.4 cm³/mol. The molecule has 1 rings (SSSR count). The van der Waals surface area contributed by atoms with Gasteiger partial charge >= 0.3 is 0 Å². The van der Waals surface area contributed by atoms with E-state index in [9.17, 15) is 0 Å². The van der Waals surface area contributed by atoms with Gasteiger partial charge in [0, 0.05) is 5.33 Å². The van der Waals surface area contributed by atoms with Crippen LogP contribution in [0, 0.1) is 25.2 Å². The Morgan fingerprint density at radius 2 is 1.69 bits per heavy atom. The van der Waals surface area contributed by atoms with Crippen molar-refractivity contribution in [2.45, 2.75) is 41.0 Å². The zero-order valence-corrected chi connectivity index (χ0v) is 12.7. The largest absolute Gasteiger partial charge is 0.0922 e. The first kappa shape index (κ1) is 13.8. The van der Waals surface area contributed by atoms with Crippen LogP contribution >= 0.6 is 15.9 Å². The SMILES string of the molecule is Cc1cccc(C)c1CC(C)(CBr)C(C)C. The van der Waals surface area contributed by atoms with Crippen LogP contribution in [0.1, 0.15) is 37.5 Å². The summed E-state index contributed by atoms with van der Waals surface area (Å²) >= 11 is 3.68. The monoisotopic (exact) mass is 282 g/mol. The van der Waals surface area contributed by atoms with Gasteiger partial charge in [0.25, 0.3) is 0 Å². The summed E-state index contributed by atoms with van der Waals surface area (Å²) < 4.78 is 0. The highest BCUT2D eigenvalue weighted by molar-refractivity contribution is 9.09. The van der Waals surface area contributed by atoms with Crippen LogP contribution < -0.4 is 0 Å². The molecule has 0 radical (unpaired) electrons.